The monoisotopic (exact) mass is 536 g/mol. The number of fused-ring (bicyclic) bond motifs is 1. The Hall–Kier alpha value is -4.89. The molecule has 1 amide bonds. The average Bonchev–Trinajstić information content (AvgIpc) is 2.97. The number of para-hydroxylation sites is 2. The summed E-state index contributed by atoms with van der Waals surface area (Å²) in [7, 11) is 1.58. The molecule has 0 atom stereocenters. The molecular weight excluding hydrogens is 512 g/mol. The molecule has 5 aromatic rings. The number of nitrogens with one attached hydrogen (secondary N) is 1. The number of methoxy groups -OCH3 is 1. The highest BCUT2D eigenvalue weighted by molar-refractivity contribution is 7.99. The smallest absolute Gasteiger partial charge is 0.266 e. The van der Waals surface area contributed by atoms with E-state index < -0.39 is 0 Å². The van der Waals surface area contributed by atoms with Crippen LogP contribution in [0.25, 0.3) is 16.6 Å². The molecule has 0 saturated carbocycles. The molecule has 0 spiro atoms. The molecule has 0 aliphatic rings. The van der Waals surface area contributed by atoms with Gasteiger partial charge >= 0.3 is 0 Å². The van der Waals surface area contributed by atoms with Crippen molar-refractivity contribution in [1.29, 1.82) is 0 Å². The number of amides is 1. The molecule has 0 saturated heterocycles. The van der Waals surface area contributed by atoms with Crippen LogP contribution in [0.1, 0.15) is 5.56 Å². The first kappa shape index (κ1) is 25.7. The number of carbonyl (C=O) groups excluding carboxylic acids is 1. The van der Waals surface area contributed by atoms with E-state index in [1.807, 2.05) is 60.7 Å². The zero-order chi connectivity index (χ0) is 27.0. The minimum Gasteiger partial charge on any atom is -0.497 e. The van der Waals surface area contributed by atoms with Gasteiger partial charge in [-0.3, -0.25) is 14.2 Å². The van der Waals surface area contributed by atoms with Crippen molar-refractivity contribution < 1.29 is 14.3 Å². The largest absolute Gasteiger partial charge is 0.497 e. The van der Waals surface area contributed by atoms with Crippen molar-refractivity contribution >= 4 is 34.8 Å². The molecule has 0 aliphatic heterocycles. The Morgan fingerprint density at radius 1 is 0.923 bits per heavy atom. The Morgan fingerprint density at radius 2 is 1.67 bits per heavy atom. The second kappa shape index (κ2) is 12.1. The SMILES string of the molecule is COc1ccc(-n2c(SCC(=O)NN=Cc3cccc(Oc4ccccc4)c3)nc3ccccc3c2=O)cc1. The molecule has 5 rings (SSSR count). The van der Waals surface area contributed by atoms with Crippen molar-refractivity contribution in [1.82, 2.24) is 15.0 Å². The summed E-state index contributed by atoms with van der Waals surface area (Å²) >= 11 is 1.15. The molecule has 1 aromatic heterocycles. The van der Waals surface area contributed by atoms with Gasteiger partial charge in [0.2, 0.25) is 0 Å². The molecule has 0 radical (unpaired) electrons. The third-order valence-corrected chi connectivity index (χ3v) is 6.59. The third kappa shape index (κ3) is 6.34. The van der Waals surface area contributed by atoms with E-state index >= 15 is 0 Å². The van der Waals surface area contributed by atoms with E-state index in [0.29, 0.717) is 33.2 Å². The highest BCUT2D eigenvalue weighted by Crippen LogP contribution is 2.23. The minimum atomic E-state index is -0.336. The van der Waals surface area contributed by atoms with Gasteiger partial charge in [-0.2, -0.15) is 5.10 Å². The normalized spacial score (nSPS) is 11.0. The lowest BCUT2D eigenvalue weighted by molar-refractivity contribution is -0.118. The van der Waals surface area contributed by atoms with Crippen LogP contribution >= 0.6 is 11.8 Å². The summed E-state index contributed by atoms with van der Waals surface area (Å²) < 4.78 is 12.6. The van der Waals surface area contributed by atoms with E-state index in [9.17, 15) is 9.59 Å². The van der Waals surface area contributed by atoms with Crippen molar-refractivity contribution in [2.45, 2.75) is 5.16 Å². The van der Waals surface area contributed by atoms with Gasteiger partial charge in [-0.1, -0.05) is 54.2 Å². The van der Waals surface area contributed by atoms with E-state index in [2.05, 4.69) is 15.5 Å². The van der Waals surface area contributed by atoms with Gasteiger partial charge in [-0.05, 0) is 66.2 Å². The Morgan fingerprint density at radius 3 is 2.46 bits per heavy atom. The van der Waals surface area contributed by atoms with Crippen LogP contribution in [0.2, 0.25) is 0 Å². The highest BCUT2D eigenvalue weighted by Gasteiger charge is 2.15. The summed E-state index contributed by atoms with van der Waals surface area (Å²) in [5.41, 5.74) is 4.26. The molecule has 9 heteroatoms. The van der Waals surface area contributed by atoms with Crippen LogP contribution < -0.4 is 20.5 Å². The van der Waals surface area contributed by atoms with Crippen molar-refractivity contribution in [3.05, 3.63) is 119 Å². The Labute approximate surface area is 228 Å². The molecule has 0 aliphatic carbocycles. The molecule has 194 valence electrons. The Bertz CT molecular complexity index is 1690. The van der Waals surface area contributed by atoms with Gasteiger partial charge in [0.1, 0.15) is 17.2 Å². The molecule has 0 unspecified atom stereocenters. The molecule has 8 nitrogen and oxygen atoms in total. The van der Waals surface area contributed by atoms with Gasteiger partial charge in [-0.15, -0.1) is 0 Å². The molecule has 1 N–H and O–H groups in total. The van der Waals surface area contributed by atoms with Gasteiger partial charge in [-0.25, -0.2) is 10.4 Å². The maximum atomic E-state index is 13.4. The zero-order valence-corrected chi connectivity index (χ0v) is 21.8. The second-order valence-electron chi connectivity index (χ2n) is 8.32. The Kier molecular flexibility index (Phi) is 7.99. The van der Waals surface area contributed by atoms with E-state index in [1.165, 1.54) is 4.57 Å². The number of ether oxygens (including phenoxy) is 2. The molecule has 0 bridgehead atoms. The topological polar surface area (TPSA) is 94.8 Å². The van der Waals surface area contributed by atoms with Crippen LogP contribution in [0.3, 0.4) is 0 Å². The predicted octanol–water partition coefficient (Wildman–Crippen LogP) is 5.43. The van der Waals surface area contributed by atoms with Gasteiger partial charge < -0.3 is 9.47 Å². The predicted molar refractivity (Wildman–Crippen MR) is 153 cm³/mol. The average molecular weight is 537 g/mol. The van der Waals surface area contributed by atoms with Crippen molar-refractivity contribution in [3.63, 3.8) is 0 Å². The number of nitrogens with zero attached hydrogens (tertiary/aromatic N) is 3. The lowest BCUT2D eigenvalue weighted by atomic mass is 10.2. The summed E-state index contributed by atoms with van der Waals surface area (Å²) in [6.07, 6.45) is 1.54. The first-order valence-electron chi connectivity index (χ1n) is 12.0. The van der Waals surface area contributed by atoms with E-state index in [0.717, 1.165) is 23.1 Å². The molecule has 1 heterocycles. The molecule has 4 aromatic carbocycles. The van der Waals surface area contributed by atoms with Crippen LogP contribution in [-0.2, 0) is 4.79 Å². The van der Waals surface area contributed by atoms with Crippen molar-refractivity contribution in [3.8, 4) is 22.9 Å². The summed E-state index contributed by atoms with van der Waals surface area (Å²) in [6.45, 7) is 0. The Balaban J connectivity index is 1.28. The minimum absolute atomic E-state index is 0.00936. The first-order valence-corrected chi connectivity index (χ1v) is 13.0. The lowest BCUT2D eigenvalue weighted by Gasteiger charge is -2.13. The lowest BCUT2D eigenvalue weighted by Crippen LogP contribution is -2.24. The number of thioether (sulfide) groups is 1. The molecule has 39 heavy (non-hydrogen) atoms. The van der Waals surface area contributed by atoms with Gasteiger partial charge in [0.05, 0.1) is 35.7 Å². The van der Waals surface area contributed by atoms with Gasteiger partial charge in [0, 0.05) is 0 Å². The van der Waals surface area contributed by atoms with Crippen LogP contribution in [0.15, 0.2) is 118 Å². The van der Waals surface area contributed by atoms with Gasteiger partial charge in [0.25, 0.3) is 11.5 Å². The summed E-state index contributed by atoms with van der Waals surface area (Å²) in [5.74, 6) is 1.73. The fourth-order valence-electron chi connectivity index (χ4n) is 3.79. The number of benzene rings is 4. The van der Waals surface area contributed by atoms with Crippen LogP contribution in [0, 0.1) is 0 Å². The van der Waals surface area contributed by atoms with Gasteiger partial charge in [0.15, 0.2) is 5.16 Å². The fourth-order valence-corrected chi connectivity index (χ4v) is 4.60. The number of rotatable bonds is 9. The van der Waals surface area contributed by atoms with Crippen LogP contribution in [0.5, 0.6) is 17.2 Å². The number of carbonyl (C=O) groups is 1. The third-order valence-electron chi connectivity index (χ3n) is 5.65. The maximum absolute atomic E-state index is 13.4. The van der Waals surface area contributed by atoms with Crippen molar-refractivity contribution in [2.24, 2.45) is 5.10 Å². The van der Waals surface area contributed by atoms with E-state index in [-0.39, 0.29) is 17.2 Å². The fraction of sp³-hybridized carbons (Fsp3) is 0.0667. The summed E-state index contributed by atoms with van der Waals surface area (Å²) in [4.78, 5) is 30.6. The van der Waals surface area contributed by atoms with Crippen molar-refractivity contribution in [2.75, 3.05) is 12.9 Å². The zero-order valence-electron chi connectivity index (χ0n) is 21.0. The highest BCUT2D eigenvalue weighted by atomic mass is 32.2. The second-order valence-corrected chi connectivity index (χ2v) is 9.26. The standard InChI is InChI=1S/C30H24N4O4S/c1-37-23-16-14-22(15-17-23)34-29(36)26-12-5-6-13-27(26)32-30(34)39-20-28(35)33-31-19-21-8-7-11-25(18-21)38-24-9-3-2-4-10-24/h2-19H,20H2,1H3,(H,33,35). The first-order chi connectivity index (χ1) is 19.1. The maximum Gasteiger partial charge on any atom is 0.266 e. The quantitative estimate of drug-likeness (QED) is 0.117. The molecular formula is C30H24N4O4S. The number of hydrazone groups is 1. The number of aromatic nitrogens is 2. The summed E-state index contributed by atoms with van der Waals surface area (Å²) in [5, 5.41) is 4.96. The van der Waals surface area contributed by atoms with Crippen LogP contribution in [0.4, 0.5) is 0 Å². The van der Waals surface area contributed by atoms with E-state index in [1.54, 1.807) is 55.8 Å². The van der Waals surface area contributed by atoms with Crippen LogP contribution in [-0.4, -0.2) is 34.5 Å². The molecule has 0 fully saturated rings. The van der Waals surface area contributed by atoms with E-state index in [4.69, 9.17) is 9.47 Å². The number of hydrogen-bond acceptors (Lipinski definition) is 7. The number of hydrogen-bond donors (Lipinski definition) is 1. The summed E-state index contributed by atoms with van der Waals surface area (Å²) in [6, 6.07) is 31.1.